The first-order valence-electron chi connectivity index (χ1n) is 23.8. The van der Waals surface area contributed by atoms with Crippen LogP contribution in [0.5, 0.6) is 23.0 Å². The van der Waals surface area contributed by atoms with Crippen LogP contribution in [-0.4, -0.2) is 98.0 Å². The minimum absolute atomic E-state index is 0.0642. The predicted octanol–water partition coefficient (Wildman–Crippen LogP) is 10.2. The first-order valence-corrected chi connectivity index (χ1v) is 24.2. The Bertz CT molecular complexity index is 2830. The van der Waals surface area contributed by atoms with Crippen molar-refractivity contribution in [2.45, 2.75) is 89.8 Å². The predicted molar refractivity (Wildman–Crippen MR) is 258 cm³/mol. The van der Waals surface area contributed by atoms with Gasteiger partial charge in [0.05, 0.1) is 50.4 Å². The molecule has 4 N–H and O–H groups in total. The van der Waals surface area contributed by atoms with Gasteiger partial charge in [-0.25, -0.2) is 28.0 Å². The summed E-state index contributed by atoms with van der Waals surface area (Å²) in [5.74, 6) is -1.59. The fourth-order valence-corrected chi connectivity index (χ4v) is 9.66. The number of hydrogen-bond donors (Lipinski definition) is 4. The molecule has 3 unspecified atom stereocenters. The molecular formula is C53H55ClF2N4O14. The number of halogens is 3. The van der Waals surface area contributed by atoms with E-state index in [9.17, 15) is 18.4 Å². The van der Waals surface area contributed by atoms with Crippen LogP contribution in [0.1, 0.15) is 71.9 Å². The maximum Gasteiger partial charge on any atom is 0.513 e. The maximum absolute atomic E-state index is 15.7. The molecule has 1 aliphatic carbocycles. The van der Waals surface area contributed by atoms with Crippen molar-refractivity contribution in [1.82, 2.24) is 20.6 Å². The summed E-state index contributed by atoms with van der Waals surface area (Å²) in [5.41, 5.74) is 5.50. The van der Waals surface area contributed by atoms with Gasteiger partial charge in [-0.05, 0) is 139 Å². The van der Waals surface area contributed by atoms with Gasteiger partial charge in [0.15, 0.2) is 11.6 Å². The zero-order chi connectivity index (χ0) is 52.5. The molecule has 1 saturated carbocycles. The third kappa shape index (κ3) is 13.7. The number of hydrogen-bond acceptors (Lipinski definition) is 16. The van der Waals surface area contributed by atoms with E-state index in [4.69, 9.17) is 61.0 Å². The van der Waals surface area contributed by atoms with Crippen LogP contribution in [0.3, 0.4) is 0 Å². The summed E-state index contributed by atoms with van der Waals surface area (Å²) in [7, 11) is 1.59. The number of rotatable bonds is 21. The largest absolute Gasteiger partial charge is 0.513 e. The van der Waals surface area contributed by atoms with Gasteiger partial charge in [0.2, 0.25) is 0 Å². The van der Waals surface area contributed by atoms with Crippen molar-refractivity contribution >= 4 is 35.3 Å². The van der Waals surface area contributed by atoms with Crippen molar-refractivity contribution in [3.05, 3.63) is 159 Å². The third-order valence-electron chi connectivity index (χ3n) is 13.0. The van der Waals surface area contributed by atoms with Crippen LogP contribution >= 0.6 is 11.6 Å². The Labute approximate surface area is 429 Å². The number of nitrogens with zero attached hydrogens (tertiary/aromatic N) is 4. The molecule has 2 bridgehead atoms. The highest BCUT2D eigenvalue weighted by Gasteiger charge is 2.50. The van der Waals surface area contributed by atoms with Crippen LogP contribution in [0, 0.1) is 24.5 Å². The van der Waals surface area contributed by atoms with Crippen molar-refractivity contribution in [3.8, 4) is 23.0 Å². The molecule has 2 heterocycles. The molecule has 18 nitrogen and oxygen atoms in total. The van der Waals surface area contributed by atoms with E-state index >= 15 is 4.79 Å². The molecule has 5 aromatic carbocycles. The number of methoxy groups -OCH3 is 1. The number of carbonyl (C=O) groups excluding carboxylic acids is 3. The second kappa shape index (κ2) is 24.5. The number of aryl methyl sites for hydroxylation is 2. The lowest BCUT2D eigenvalue weighted by Gasteiger charge is -2.49. The highest BCUT2D eigenvalue weighted by atomic mass is 35.5. The Morgan fingerprint density at radius 3 is 2.05 bits per heavy atom. The molecule has 3 aliphatic rings. The molecule has 392 valence electrons. The van der Waals surface area contributed by atoms with Gasteiger partial charge in [0.25, 0.3) is 5.91 Å². The van der Waals surface area contributed by atoms with Crippen LogP contribution in [0.4, 0.5) is 18.4 Å². The number of fused-ring (bicyclic) bond motifs is 2. The highest BCUT2D eigenvalue weighted by Crippen LogP contribution is 2.46. The molecular weight excluding hydrogens is 990 g/mol. The fraction of sp³-hybridized carbons (Fsp3) is 0.340. The Morgan fingerprint density at radius 1 is 0.770 bits per heavy atom. The van der Waals surface area contributed by atoms with Crippen LogP contribution in [0.2, 0.25) is 5.02 Å². The second-order valence-electron chi connectivity index (χ2n) is 18.2. The zero-order valence-corrected chi connectivity index (χ0v) is 41.2. The Kier molecular flexibility index (Phi) is 17.8. The number of benzene rings is 5. The molecule has 5 aromatic rings. The molecule has 0 radical (unpaired) electrons. The van der Waals surface area contributed by atoms with E-state index in [2.05, 4.69) is 4.84 Å². The monoisotopic (exact) mass is 1040 g/mol. The van der Waals surface area contributed by atoms with E-state index in [1.165, 1.54) is 18.2 Å². The highest BCUT2D eigenvalue weighted by molar-refractivity contribution is 6.32. The van der Waals surface area contributed by atoms with Gasteiger partial charge in [0.1, 0.15) is 28.1 Å². The van der Waals surface area contributed by atoms with Crippen molar-refractivity contribution in [1.29, 1.82) is 0 Å². The molecule has 0 aromatic heterocycles. The lowest BCUT2D eigenvalue weighted by molar-refractivity contribution is -0.497. The lowest BCUT2D eigenvalue weighted by Crippen LogP contribution is -2.58. The van der Waals surface area contributed by atoms with Gasteiger partial charge < -0.3 is 28.6 Å². The first kappa shape index (κ1) is 53.6. The van der Waals surface area contributed by atoms with Crippen LogP contribution in [-0.2, 0) is 45.4 Å². The second-order valence-corrected chi connectivity index (χ2v) is 18.6. The van der Waals surface area contributed by atoms with Crippen LogP contribution < -0.4 is 18.9 Å². The van der Waals surface area contributed by atoms with E-state index in [1.54, 1.807) is 42.3 Å². The lowest BCUT2D eigenvalue weighted by atomic mass is 9.73. The van der Waals surface area contributed by atoms with Crippen molar-refractivity contribution < 1.29 is 77.4 Å². The Morgan fingerprint density at radius 2 is 1.42 bits per heavy atom. The Hall–Kier alpha value is -6.72. The average Bonchev–Trinajstić information content (AvgIpc) is 4.23. The van der Waals surface area contributed by atoms with Gasteiger partial charge in [-0.15, -0.1) is 0 Å². The topological polar surface area (TPSA) is 210 Å². The number of ether oxygens (including phenoxy) is 5. The van der Waals surface area contributed by atoms with Crippen LogP contribution in [0.15, 0.2) is 109 Å². The third-order valence-corrected chi connectivity index (χ3v) is 13.3. The smallest absolute Gasteiger partial charge is 0.496 e. The summed E-state index contributed by atoms with van der Waals surface area (Å²) in [6, 6.07) is 26.4. The van der Waals surface area contributed by atoms with Gasteiger partial charge in [-0.2, -0.15) is 0 Å². The van der Waals surface area contributed by atoms with Crippen molar-refractivity contribution in [2.75, 3.05) is 20.3 Å². The summed E-state index contributed by atoms with van der Waals surface area (Å²) in [5, 5.41) is 34.9. The molecule has 8 rings (SSSR count). The SMILES string of the molecule is COc1ccc(CN(C(=O)C2=C(c3ccc(CCCOc4c(F)ccc(F)c4Cl)cc3)CC3CC(COC(=O)Oc4cccc(CON(O)O)c4)CC2N3C(=O)Oc2cccc(CON(O)O)c2)C2CC2)cc1C. The summed E-state index contributed by atoms with van der Waals surface area (Å²) in [6.45, 7) is 1.65. The van der Waals surface area contributed by atoms with Crippen LogP contribution in [0.25, 0.3) is 5.57 Å². The van der Waals surface area contributed by atoms with Gasteiger partial charge in [-0.3, -0.25) is 30.5 Å². The average molecular weight is 1050 g/mol. The molecule has 3 atom stereocenters. The van der Waals surface area contributed by atoms with Gasteiger partial charge in [-0.1, -0.05) is 72.3 Å². The van der Waals surface area contributed by atoms with Gasteiger partial charge >= 0.3 is 12.2 Å². The summed E-state index contributed by atoms with van der Waals surface area (Å²) < 4.78 is 56.6. The zero-order valence-electron chi connectivity index (χ0n) is 40.4. The normalized spacial score (nSPS) is 17.3. The molecule has 1 saturated heterocycles. The first-order chi connectivity index (χ1) is 35.6. The van der Waals surface area contributed by atoms with E-state index < -0.39 is 51.8 Å². The molecule has 2 amide bonds. The van der Waals surface area contributed by atoms with Crippen molar-refractivity contribution in [2.24, 2.45) is 5.92 Å². The quantitative estimate of drug-likeness (QED) is 0.0177. The van der Waals surface area contributed by atoms with E-state index in [1.807, 2.05) is 54.3 Å². The van der Waals surface area contributed by atoms with E-state index in [0.717, 1.165) is 52.8 Å². The number of piperidine rings is 1. The fourth-order valence-electron chi connectivity index (χ4n) is 9.46. The van der Waals surface area contributed by atoms with Gasteiger partial charge in [0, 0.05) is 24.2 Å². The molecule has 74 heavy (non-hydrogen) atoms. The summed E-state index contributed by atoms with van der Waals surface area (Å²) in [4.78, 5) is 56.5. The molecule has 2 fully saturated rings. The summed E-state index contributed by atoms with van der Waals surface area (Å²) >= 11 is 5.96. The number of amides is 2. The standard InChI is InChI=1S/C53H55ClF2N4O14/c1-32-22-34(13-20-47(32)68-2)28-57(39-16-17-39)51(61)48-43(38-14-11-33(12-15-38)8-5-21-69-50-45(56)19-18-44(55)49(50)54)27-40-23-37(29-70-53(63)74-42-10-4-7-36(25-42)31-72-60(66)67)26-46(48)58(40)52(62)73-41-9-3-6-35(24-41)30-71-59(64)65/h3-4,6-7,9-15,18-20,22,24-25,37,39-40,46,64-67H,5,8,16-17,21,23,26-31H2,1-2H3. The minimum Gasteiger partial charge on any atom is -0.496 e. The molecule has 2 aliphatic heterocycles. The molecule has 21 heteroatoms. The Balaban J connectivity index is 1.10. The van der Waals surface area contributed by atoms with Crippen molar-refractivity contribution in [3.63, 3.8) is 0 Å². The molecule has 0 spiro atoms. The summed E-state index contributed by atoms with van der Waals surface area (Å²) in [6.07, 6.45) is 1.51. The number of carbonyl (C=O) groups is 3. The van der Waals surface area contributed by atoms with E-state index in [-0.39, 0.29) is 80.9 Å². The maximum atomic E-state index is 15.7. The van der Waals surface area contributed by atoms with E-state index in [0.29, 0.717) is 41.7 Å². The minimum atomic E-state index is -1.01.